The molecule has 3 aromatic rings. The number of para-hydroxylation sites is 1. The zero-order valence-electron chi connectivity index (χ0n) is 17.5. The first kappa shape index (κ1) is 26.7. The number of hydrogen-bond acceptors (Lipinski definition) is 7. The molecule has 3 aromatic carbocycles. The van der Waals surface area contributed by atoms with Gasteiger partial charge in [0, 0.05) is 5.41 Å². The smallest absolute Gasteiger partial charge is 0.742 e. The maximum Gasteiger partial charge on any atom is 1.00 e. The molecule has 0 spiro atoms. The molecule has 0 aromatic heterocycles. The van der Waals surface area contributed by atoms with Crippen molar-refractivity contribution >= 4 is 21.4 Å². The van der Waals surface area contributed by atoms with Crippen molar-refractivity contribution in [2.75, 3.05) is 5.48 Å². The Balaban J connectivity index is 0.000000607. The van der Waals surface area contributed by atoms with Gasteiger partial charge in [-0.1, -0.05) is 56.3 Å². The quantitative estimate of drug-likeness (QED) is 0.247. The van der Waals surface area contributed by atoms with Crippen LogP contribution in [0.2, 0.25) is 0 Å². The normalized spacial score (nSPS) is 10.7. The van der Waals surface area contributed by atoms with E-state index in [1.807, 2.05) is 54.6 Å². The molecule has 9 heteroatoms. The second kappa shape index (κ2) is 11.9. The van der Waals surface area contributed by atoms with Gasteiger partial charge in [0.2, 0.25) is 5.62 Å². The molecule has 31 heavy (non-hydrogen) atoms. The van der Waals surface area contributed by atoms with Crippen molar-refractivity contribution in [3.63, 3.8) is 0 Å². The number of benzene rings is 3. The fraction of sp³-hybridized carbons (Fsp3) is 0.136. The summed E-state index contributed by atoms with van der Waals surface area (Å²) in [6.07, 6.45) is 0. The second-order valence-corrected chi connectivity index (χ2v) is 8.03. The van der Waals surface area contributed by atoms with Crippen LogP contribution in [0.15, 0.2) is 78.9 Å². The first-order valence-electron chi connectivity index (χ1n) is 8.91. The van der Waals surface area contributed by atoms with E-state index in [0.29, 0.717) is 0 Å². The number of aromatic hydroxyl groups is 1. The van der Waals surface area contributed by atoms with Crippen LogP contribution in [0.1, 0.15) is 25.0 Å². The molecule has 0 atom stereocenters. The fourth-order valence-corrected chi connectivity index (χ4v) is 2.61. The first-order valence-corrected chi connectivity index (χ1v) is 10.4. The van der Waals surface area contributed by atoms with Crippen LogP contribution in [0.25, 0.3) is 0 Å². The van der Waals surface area contributed by atoms with Gasteiger partial charge in [-0.25, -0.2) is 13.9 Å². The summed E-state index contributed by atoms with van der Waals surface area (Å²) < 4.78 is 27.2. The fourth-order valence-electron chi connectivity index (χ4n) is 2.61. The summed E-state index contributed by atoms with van der Waals surface area (Å²) in [5.41, 5.74) is 5.37. The summed E-state index contributed by atoms with van der Waals surface area (Å²) >= 11 is 0. The van der Waals surface area contributed by atoms with Gasteiger partial charge in [-0.05, 0) is 47.5 Å². The van der Waals surface area contributed by atoms with Gasteiger partial charge in [-0.2, -0.15) is 0 Å². The van der Waals surface area contributed by atoms with Crippen LogP contribution in [-0.2, 0) is 20.3 Å². The molecule has 0 saturated heterocycles. The van der Waals surface area contributed by atoms with Gasteiger partial charge in [-0.15, -0.1) is 0 Å². The van der Waals surface area contributed by atoms with Crippen LogP contribution in [-0.4, -0.2) is 23.7 Å². The van der Waals surface area contributed by atoms with Crippen molar-refractivity contribution in [3.05, 3.63) is 90.0 Å². The Labute approximate surface area is 204 Å². The Bertz CT molecular complexity index is 1040. The van der Waals surface area contributed by atoms with E-state index in [-0.39, 0.29) is 40.7 Å². The second-order valence-electron chi connectivity index (χ2n) is 6.86. The van der Waals surface area contributed by atoms with Crippen molar-refractivity contribution in [1.29, 1.82) is 0 Å². The molecule has 3 rings (SSSR count). The van der Waals surface area contributed by atoms with Crippen molar-refractivity contribution in [2.45, 2.75) is 19.3 Å². The summed E-state index contributed by atoms with van der Waals surface area (Å²) in [7, 11) is -4.59. The number of phenolic OH excluding ortho intramolecular Hbond substituents is 1. The van der Waals surface area contributed by atoms with Crippen LogP contribution >= 0.6 is 0 Å². The van der Waals surface area contributed by atoms with E-state index in [2.05, 4.69) is 31.5 Å². The Hall–Kier alpha value is -2.36. The average Bonchev–Trinajstić information content (AvgIpc) is 2.73. The molecule has 0 unspecified atom stereocenters. The molecule has 0 radical (unpaired) electrons. The summed E-state index contributed by atoms with van der Waals surface area (Å²) in [6.45, 7) is 4.33. The van der Waals surface area contributed by atoms with E-state index in [9.17, 15) is 5.11 Å². The van der Waals surface area contributed by atoms with Gasteiger partial charge in [-0.3, -0.25) is 4.79 Å². The Morgan fingerprint density at radius 1 is 0.903 bits per heavy atom. The van der Waals surface area contributed by atoms with Crippen LogP contribution in [0.3, 0.4) is 0 Å². The van der Waals surface area contributed by atoms with E-state index in [1.54, 1.807) is 12.1 Å². The summed E-state index contributed by atoms with van der Waals surface area (Å²) in [4.78, 5) is 14.5. The van der Waals surface area contributed by atoms with Gasteiger partial charge in [0.15, 0.2) is 15.9 Å². The predicted molar refractivity (Wildman–Crippen MR) is 114 cm³/mol. The number of nitrogens with one attached hydrogen (secondary N) is 1. The third-order valence-electron chi connectivity index (χ3n) is 4.34. The molecule has 0 aliphatic rings. The van der Waals surface area contributed by atoms with Gasteiger partial charge in [0.25, 0.3) is 0 Å². The Morgan fingerprint density at radius 2 is 1.35 bits per heavy atom. The van der Waals surface area contributed by atoms with Crippen molar-refractivity contribution in [1.82, 2.24) is 0 Å². The molecule has 0 bridgehead atoms. The number of rotatable bonds is 6. The number of anilines is 1. The van der Waals surface area contributed by atoms with Crippen LogP contribution in [0, 0.1) is 0 Å². The SMILES string of the molecule is CC(C)(c1ccc(O)cc1)c1ccc(ONc2ccccc2)cc1.O=CS(=O)(=O)[O-].[Na+]. The Kier molecular flexibility index (Phi) is 10.2. The van der Waals surface area contributed by atoms with Gasteiger partial charge < -0.3 is 14.5 Å². The van der Waals surface area contributed by atoms with E-state index in [0.717, 1.165) is 17.0 Å². The maximum absolute atomic E-state index is 9.46. The minimum atomic E-state index is -4.59. The Morgan fingerprint density at radius 3 is 1.81 bits per heavy atom. The summed E-state index contributed by atoms with van der Waals surface area (Å²) in [5.74, 6) is 1.04. The molecular weight excluding hydrogens is 429 g/mol. The van der Waals surface area contributed by atoms with Crippen molar-refractivity contribution in [3.8, 4) is 11.5 Å². The summed E-state index contributed by atoms with van der Waals surface area (Å²) in [6, 6.07) is 25.1. The number of phenols is 1. The van der Waals surface area contributed by atoms with Crippen LogP contribution in [0.4, 0.5) is 5.69 Å². The molecule has 7 nitrogen and oxygen atoms in total. The van der Waals surface area contributed by atoms with Crippen LogP contribution < -0.4 is 39.9 Å². The standard InChI is InChI=1S/C21H21NO2.CH2O4S.Na/c1-21(2,16-8-12-19(23)13-9-16)17-10-14-20(15-11-17)24-22-18-6-4-3-5-7-18;2-1-6(3,4)5;/h3-15,22-23H,1-2H3;1H,(H,3,4,5);/q;;+1/p-1. The minimum Gasteiger partial charge on any atom is -0.742 e. The number of carbonyl (C=O) groups is 1. The van der Waals surface area contributed by atoms with E-state index < -0.39 is 15.7 Å². The largest absolute Gasteiger partial charge is 1.00 e. The molecule has 0 aliphatic heterocycles. The van der Waals surface area contributed by atoms with Crippen molar-refractivity contribution < 1.29 is 57.3 Å². The zero-order chi connectivity index (χ0) is 22.2. The van der Waals surface area contributed by atoms with E-state index in [4.69, 9.17) is 22.6 Å². The third kappa shape index (κ3) is 8.72. The van der Waals surface area contributed by atoms with Crippen molar-refractivity contribution in [2.24, 2.45) is 0 Å². The van der Waals surface area contributed by atoms with E-state index >= 15 is 0 Å². The molecule has 0 fully saturated rings. The topological polar surface area (TPSA) is 116 Å². The predicted octanol–water partition coefficient (Wildman–Crippen LogP) is 0.850. The molecule has 0 aliphatic carbocycles. The van der Waals surface area contributed by atoms with Crippen LogP contribution in [0.5, 0.6) is 11.5 Å². The van der Waals surface area contributed by atoms with Gasteiger partial charge in [0.1, 0.15) is 5.75 Å². The van der Waals surface area contributed by atoms with E-state index in [1.165, 1.54) is 5.56 Å². The molecule has 158 valence electrons. The van der Waals surface area contributed by atoms with Gasteiger partial charge >= 0.3 is 29.6 Å². The molecule has 0 saturated carbocycles. The maximum atomic E-state index is 9.46. The van der Waals surface area contributed by atoms with Gasteiger partial charge in [0.05, 0.1) is 5.69 Å². The first-order chi connectivity index (χ1) is 14.1. The molecular formula is C22H22NNaO6S. The summed E-state index contributed by atoms with van der Waals surface area (Å²) in [5, 5.41) is 9.46. The molecule has 0 heterocycles. The number of carbonyl (C=O) groups excluding carboxylic acids is 1. The zero-order valence-corrected chi connectivity index (χ0v) is 20.3. The number of hydrogen-bond donors (Lipinski definition) is 2. The third-order valence-corrected chi connectivity index (χ3v) is 4.58. The minimum absolute atomic E-state index is 0. The molecule has 0 amide bonds. The monoisotopic (exact) mass is 451 g/mol. The molecule has 2 N–H and O–H groups in total. The average molecular weight is 451 g/mol.